The van der Waals surface area contributed by atoms with Crippen LogP contribution in [0.5, 0.6) is 0 Å². The molecule has 0 radical (unpaired) electrons. The van der Waals surface area contributed by atoms with E-state index >= 15 is 0 Å². The standard InChI is InChI=1S/C20H22N2O2/c23-20(18-12-16-8-4-5-9-17(16)13-21-18)22-10-11-24-19(14-22)15-6-2-1-3-7-15/h1-9,18-19,21H,10-14H2. The van der Waals surface area contributed by atoms with Gasteiger partial charge in [-0.15, -0.1) is 0 Å². The molecule has 2 aromatic carbocycles. The van der Waals surface area contributed by atoms with Crippen molar-refractivity contribution in [1.82, 2.24) is 10.2 Å². The molecule has 1 fully saturated rings. The number of carbonyl (C=O) groups excluding carboxylic acids is 1. The third-order valence-electron chi connectivity index (χ3n) is 4.93. The van der Waals surface area contributed by atoms with Crippen molar-refractivity contribution in [2.24, 2.45) is 0 Å². The molecule has 4 nitrogen and oxygen atoms in total. The highest BCUT2D eigenvalue weighted by Gasteiger charge is 2.31. The van der Waals surface area contributed by atoms with Crippen molar-refractivity contribution < 1.29 is 9.53 Å². The van der Waals surface area contributed by atoms with Gasteiger partial charge in [0.2, 0.25) is 5.91 Å². The molecule has 24 heavy (non-hydrogen) atoms. The number of morpholine rings is 1. The summed E-state index contributed by atoms with van der Waals surface area (Å²) in [5.74, 6) is 0.189. The molecule has 0 aromatic heterocycles. The van der Waals surface area contributed by atoms with E-state index in [4.69, 9.17) is 4.74 Å². The highest BCUT2D eigenvalue weighted by Crippen LogP contribution is 2.24. The van der Waals surface area contributed by atoms with Gasteiger partial charge in [0.25, 0.3) is 0 Å². The van der Waals surface area contributed by atoms with E-state index in [2.05, 4.69) is 35.6 Å². The topological polar surface area (TPSA) is 41.6 Å². The van der Waals surface area contributed by atoms with E-state index in [1.54, 1.807) is 0 Å². The minimum absolute atomic E-state index is 0.0280. The number of hydrogen-bond acceptors (Lipinski definition) is 3. The smallest absolute Gasteiger partial charge is 0.240 e. The van der Waals surface area contributed by atoms with Gasteiger partial charge in [-0.25, -0.2) is 0 Å². The van der Waals surface area contributed by atoms with Gasteiger partial charge < -0.3 is 15.0 Å². The fourth-order valence-electron chi connectivity index (χ4n) is 3.57. The second-order valence-corrected chi connectivity index (χ2v) is 6.46. The molecular formula is C20H22N2O2. The Labute approximate surface area is 142 Å². The quantitative estimate of drug-likeness (QED) is 0.922. The van der Waals surface area contributed by atoms with Crippen LogP contribution in [0.15, 0.2) is 54.6 Å². The molecule has 0 saturated carbocycles. The van der Waals surface area contributed by atoms with Crippen molar-refractivity contribution in [2.45, 2.75) is 25.1 Å². The third-order valence-corrected chi connectivity index (χ3v) is 4.93. The average Bonchev–Trinajstić information content (AvgIpc) is 2.68. The van der Waals surface area contributed by atoms with Crippen LogP contribution in [0.4, 0.5) is 0 Å². The number of amides is 1. The Bertz CT molecular complexity index is 717. The van der Waals surface area contributed by atoms with Crippen LogP contribution < -0.4 is 5.32 Å². The summed E-state index contributed by atoms with van der Waals surface area (Å²) in [5, 5.41) is 3.39. The fraction of sp³-hybridized carbons (Fsp3) is 0.350. The lowest BCUT2D eigenvalue weighted by molar-refractivity contribution is -0.141. The Hall–Kier alpha value is -2.17. The summed E-state index contributed by atoms with van der Waals surface area (Å²) in [6.07, 6.45) is 0.738. The molecule has 4 rings (SSSR count). The number of hydrogen-bond donors (Lipinski definition) is 1. The normalized spacial score (nSPS) is 23.6. The molecule has 0 spiro atoms. The van der Waals surface area contributed by atoms with Crippen LogP contribution in [0.1, 0.15) is 22.8 Å². The Balaban J connectivity index is 1.45. The molecule has 2 heterocycles. The molecule has 2 aliphatic heterocycles. The van der Waals surface area contributed by atoms with Gasteiger partial charge in [-0.3, -0.25) is 4.79 Å². The predicted octanol–water partition coefficient (Wildman–Crippen LogP) is 2.30. The highest BCUT2D eigenvalue weighted by atomic mass is 16.5. The van der Waals surface area contributed by atoms with Gasteiger partial charge in [-0.2, -0.15) is 0 Å². The van der Waals surface area contributed by atoms with E-state index in [0.717, 1.165) is 18.5 Å². The largest absolute Gasteiger partial charge is 0.370 e. The maximum atomic E-state index is 12.9. The molecular weight excluding hydrogens is 300 g/mol. The summed E-state index contributed by atoms with van der Waals surface area (Å²) in [7, 11) is 0. The minimum Gasteiger partial charge on any atom is -0.370 e. The average molecular weight is 322 g/mol. The first-order valence-corrected chi connectivity index (χ1v) is 8.57. The maximum absolute atomic E-state index is 12.9. The molecule has 1 N–H and O–H groups in total. The van der Waals surface area contributed by atoms with Gasteiger partial charge in [-0.1, -0.05) is 54.6 Å². The van der Waals surface area contributed by atoms with Gasteiger partial charge in [0.15, 0.2) is 0 Å². The van der Waals surface area contributed by atoms with Gasteiger partial charge in [0.1, 0.15) is 6.10 Å². The van der Waals surface area contributed by atoms with Crippen molar-refractivity contribution in [1.29, 1.82) is 0 Å². The second-order valence-electron chi connectivity index (χ2n) is 6.46. The summed E-state index contributed by atoms with van der Waals surface area (Å²) >= 11 is 0. The van der Waals surface area contributed by atoms with Crippen molar-refractivity contribution in [3.05, 3.63) is 71.3 Å². The molecule has 1 saturated heterocycles. The Morgan fingerprint density at radius 1 is 1.04 bits per heavy atom. The SMILES string of the molecule is O=C(C1Cc2ccccc2CN1)N1CCOC(c2ccccc2)C1. The summed E-state index contributed by atoms with van der Waals surface area (Å²) in [5.41, 5.74) is 3.71. The molecule has 124 valence electrons. The summed E-state index contributed by atoms with van der Waals surface area (Å²) in [6, 6.07) is 18.4. The van der Waals surface area contributed by atoms with E-state index in [0.29, 0.717) is 19.7 Å². The third kappa shape index (κ3) is 3.07. The van der Waals surface area contributed by atoms with E-state index in [1.165, 1.54) is 11.1 Å². The lowest BCUT2D eigenvalue weighted by atomic mass is 9.95. The Morgan fingerprint density at radius 3 is 2.62 bits per heavy atom. The zero-order valence-corrected chi connectivity index (χ0v) is 13.7. The van der Waals surface area contributed by atoms with Gasteiger partial charge in [0, 0.05) is 13.1 Å². The number of nitrogens with zero attached hydrogens (tertiary/aromatic N) is 1. The zero-order valence-electron chi connectivity index (χ0n) is 13.7. The maximum Gasteiger partial charge on any atom is 0.240 e. The van der Waals surface area contributed by atoms with E-state index in [9.17, 15) is 4.79 Å². The van der Waals surface area contributed by atoms with Crippen LogP contribution in [0.25, 0.3) is 0 Å². The summed E-state index contributed by atoms with van der Waals surface area (Å²) in [6.45, 7) is 2.65. The lowest BCUT2D eigenvalue weighted by Crippen LogP contribution is -2.52. The van der Waals surface area contributed by atoms with Crippen LogP contribution in [0.2, 0.25) is 0 Å². The predicted molar refractivity (Wildman–Crippen MR) is 92.5 cm³/mol. The lowest BCUT2D eigenvalue weighted by Gasteiger charge is -2.36. The Morgan fingerprint density at radius 2 is 1.79 bits per heavy atom. The number of rotatable bonds is 2. The molecule has 1 amide bonds. The molecule has 2 aliphatic rings. The highest BCUT2D eigenvalue weighted by molar-refractivity contribution is 5.82. The molecule has 4 heteroatoms. The van der Waals surface area contributed by atoms with E-state index < -0.39 is 0 Å². The number of carbonyl (C=O) groups is 1. The molecule has 2 atom stereocenters. The van der Waals surface area contributed by atoms with E-state index in [-0.39, 0.29) is 18.1 Å². The zero-order chi connectivity index (χ0) is 16.4. The van der Waals surface area contributed by atoms with Crippen LogP contribution in [-0.2, 0) is 22.5 Å². The number of fused-ring (bicyclic) bond motifs is 1. The molecule has 0 aliphatic carbocycles. The monoisotopic (exact) mass is 322 g/mol. The molecule has 0 bridgehead atoms. The van der Waals surface area contributed by atoms with Crippen molar-refractivity contribution in [3.8, 4) is 0 Å². The first-order chi connectivity index (χ1) is 11.8. The van der Waals surface area contributed by atoms with Gasteiger partial charge >= 0.3 is 0 Å². The number of nitrogens with one attached hydrogen (secondary N) is 1. The molecule has 2 aromatic rings. The van der Waals surface area contributed by atoms with Crippen LogP contribution in [0, 0.1) is 0 Å². The van der Waals surface area contributed by atoms with Crippen molar-refractivity contribution >= 4 is 5.91 Å². The van der Waals surface area contributed by atoms with E-state index in [1.807, 2.05) is 29.2 Å². The summed E-state index contributed by atoms with van der Waals surface area (Å²) < 4.78 is 5.87. The Kier molecular flexibility index (Phi) is 4.32. The van der Waals surface area contributed by atoms with Crippen molar-refractivity contribution in [2.75, 3.05) is 19.7 Å². The van der Waals surface area contributed by atoms with Crippen LogP contribution >= 0.6 is 0 Å². The molecule has 2 unspecified atom stereocenters. The number of benzene rings is 2. The fourth-order valence-corrected chi connectivity index (χ4v) is 3.57. The summed E-state index contributed by atoms with van der Waals surface area (Å²) in [4.78, 5) is 14.9. The van der Waals surface area contributed by atoms with Crippen molar-refractivity contribution in [3.63, 3.8) is 0 Å². The minimum atomic E-state index is -0.130. The first-order valence-electron chi connectivity index (χ1n) is 8.57. The van der Waals surface area contributed by atoms with Crippen LogP contribution in [0.3, 0.4) is 0 Å². The second kappa shape index (κ2) is 6.75. The van der Waals surface area contributed by atoms with Crippen LogP contribution in [-0.4, -0.2) is 36.5 Å². The number of ether oxygens (including phenoxy) is 1. The van der Waals surface area contributed by atoms with Gasteiger partial charge in [0.05, 0.1) is 19.2 Å². The first kappa shape index (κ1) is 15.4. The van der Waals surface area contributed by atoms with Gasteiger partial charge in [-0.05, 0) is 23.1 Å².